The van der Waals surface area contributed by atoms with Gasteiger partial charge in [0.05, 0.1) is 25.9 Å². The first-order valence-corrected chi connectivity index (χ1v) is 14.2. The minimum absolute atomic E-state index is 0.0112. The van der Waals surface area contributed by atoms with E-state index in [1.807, 2.05) is 0 Å². The molecular weight excluding hydrogens is 462 g/mol. The molecule has 0 radical (unpaired) electrons. The quantitative estimate of drug-likeness (QED) is 0.157. The van der Waals surface area contributed by atoms with Gasteiger partial charge in [-0.3, -0.25) is 4.79 Å². The lowest BCUT2D eigenvalue weighted by atomic mass is 10.1. The third-order valence-electron chi connectivity index (χ3n) is 6.21. The smallest absolute Gasteiger partial charge is 0.219 e. The van der Waals surface area contributed by atoms with Crippen LogP contribution < -0.4 is 0 Å². The van der Waals surface area contributed by atoms with E-state index in [0.717, 1.165) is 38.9 Å². The summed E-state index contributed by atoms with van der Waals surface area (Å²) in [6, 6.07) is 0. The Labute approximate surface area is 221 Å². The molecule has 0 rings (SSSR count). The topological polar surface area (TPSA) is 97.7 Å². The van der Waals surface area contributed by atoms with Crippen molar-refractivity contribution in [3.8, 4) is 0 Å². The molecule has 0 spiro atoms. The van der Waals surface area contributed by atoms with Crippen molar-refractivity contribution >= 4 is 5.91 Å². The molecule has 0 aliphatic heterocycles. The van der Waals surface area contributed by atoms with Crippen molar-refractivity contribution in [2.75, 3.05) is 66.4 Å². The van der Waals surface area contributed by atoms with Crippen LogP contribution in [0.15, 0.2) is 0 Å². The molecule has 0 bridgehead atoms. The van der Waals surface area contributed by atoms with E-state index >= 15 is 0 Å². The van der Waals surface area contributed by atoms with Gasteiger partial charge in [0, 0.05) is 53.6 Å². The van der Waals surface area contributed by atoms with Crippen molar-refractivity contribution in [3.05, 3.63) is 0 Å². The Morgan fingerprint density at radius 1 is 0.861 bits per heavy atom. The molecule has 216 valence electrons. The zero-order chi connectivity index (χ0) is 26.9. The second kappa shape index (κ2) is 25.9. The van der Waals surface area contributed by atoms with Gasteiger partial charge in [0.2, 0.25) is 5.91 Å². The van der Waals surface area contributed by atoms with E-state index in [1.54, 1.807) is 12.0 Å². The third kappa shape index (κ3) is 22.4. The molecule has 3 unspecified atom stereocenters. The van der Waals surface area contributed by atoms with Gasteiger partial charge in [0.1, 0.15) is 6.10 Å². The van der Waals surface area contributed by atoms with Gasteiger partial charge in [-0.15, -0.1) is 0 Å². The molecule has 0 aromatic carbocycles. The van der Waals surface area contributed by atoms with Gasteiger partial charge < -0.3 is 34.1 Å². The van der Waals surface area contributed by atoms with Crippen molar-refractivity contribution in [3.63, 3.8) is 0 Å². The molecule has 0 saturated heterocycles. The fourth-order valence-corrected chi connectivity index (χ4v) is 3.90. The van der Waals surface area contributed by atoms with Crippen LogP contribution in [0, 0.1) is 5.92 Å². The number of amides is 1. The highest BCUT2D eigenvalue weighted by Crippen LogP contribution is 2.10. The molecule has 8 heteroatoms. The van der Waals surface area contributed by atoms with Crippen LogP contribution in [0.2, 0.25) is 0 Å². The predicted molar refractivity (Wildman–Crippen MR) is 144 cm³/mol. The number of carbonyl (C=O) groups is 1. The summed E-state index contributed by atoms with van der Waals surface area (Å²) in [5, 5.41) is 18.7. The molecule has 8 nitrogen and oxygen atoms in total. The molecule has 0 aliphatic carbocycles. The fourth-order valence-electron chi connectivity index (χ4n) is 3.90. The van der Waals surface area contributed by atoms with Gasteiger partial charge >= 0.3 is 0 Å². The normalized spacial score (nSPS) is 14.1. The molecule has 2 N–H and O–H groups in total. The summed E-state index contributed by atoms with van der Waals surface area (Å²) in [7, 11) is 1.64. The number of hydrogen-bond donors (Lipinski definition) is 2. The highest BCUT2D eigenvalue weighted by atomic mass is 16.5. The summed E-state index contributed by atoms with van der Waals surface area (Å²) >= 11 is 0. The second-order valence-corrected chi connectivity index (χ2v) is 9.98. The fraction of sp³-hybridized carbons (Fsp3) is 0.964. The number of methoxy groups -OCH3 is 1. The Hall–Kier alpha value is -0.770. The lowest BCUT2D eigenvalue weighted by molar-refractivity contribution is -0.133. The van der Waals surface area contributed by atoms with E-state index < -0.39 is 6.10 Å². The van der Waals surface area contributed by atoms with Crippen LogP contribution in [0.5, 0.6) is 0 Å². The average Bonchev–Trinajstić information content (AvgIpc) is 2.87. The van der Waals surface area contributed by atoms with Crippen molar-refractivity contribution in [1.29, 1.82) is 0 Å². The zero-order valence-electron chi connectivity index (χ0n) is 23.8. The Morgan fingerprint density at radius 3 is 2.03 bits per heavy atom. The third-order valence-corrected chi connectivity index (χ3v) is 6.21. The molecule has 36 heavy (non-hydrogen) atoms. The Morgan fingerprint density at radius 2 is 1.47 bits per heavy atom. The van der Waals surface area contributed by atoms with Crippen LogP contribution in [-0.2, 0) is 23.7 Å². The minimum Gasteiger partial charge on any atom is -0.394 e. The van der Waals surface area contributed by atoms with Gasteiger partial charge in [-0.1, -0.05) is 58.8 Å². The van der Waals surface area contributed by atoms with E-state index in [-0.39, 0.29) is 25.2 Å². The van der Waals surface area contributed by atoms with Crippen LogP contribution in [0.1, 0.15) is 91.4 Å². The van der Waals surface area contributed by atoms with Crippen molar-refractivity contribution < 1.29 is 34.0 Å². The minimum atomic E-state index is -0.937. The molecule has 0 aliphatic rings. The first kappa shape index (κ1) is 35.2. The molecule has 0 aromatic rings. The lowest BCUT2D eigenvalue weighted by Gasteiger charge is -2.27. The highest BCUT2D eigenvalue weighted by molar-refractivity contribution is 5.73. The number of unbranched alkanes of at least 4 members (excludes halogenated alkanes) is 7. The molecule has 3 atom stereocenters. The number of hydrogen-bond acceptors (Lipinski definition) is 7. The SMILES string of the molecule is CCCCC(C)COCCCCCCCCCOCC(CN(CCCOC)C(C)=O)OCC(O)CO. The molecule has 0 heterocycles. The van der Waals surface area contributed by atoms with Gasteiger partial charge in [-0.05, 0) is 31.6 Å². The summed E-state index contributed by atoms with van der Waals surface area (Å²) in [5.74, 6) is 0.644. The van der Waals surface area contributed by atoms with Crippen LogP contribution in [0.4, 0.5) is 0 Å². The Kier molecular flexibility index (Phi) is 25.3. The zero-order valence-corrected chi connectivity index (χ0v) is 23.8. The summed E-state index contributed by atoms with van der Waals surface area (Å²) in [6.07, 6.45) is 11.5. The molecule has 1 amide bonds. The van der Waals surface area contributed by atoms with Crippen molar-refractivity contribution in [2.24, 2.45) is 5.92 Å². The summed E-state index contributed by atoms with van der Waals surface area (Å²) in [6.45, 7) is 10.0. The first-order chi connectivity index (χ1) is 17.4. The lowest BCUT2D eigenvalue weighted by Crippen LogP contribution is -2.41. The summed E-state index contributed by atoms with van der Waals surface area (Å²) in [4.78, 5) is 13.7. The van der Waals surface area contributed by atoms with E-state index in [4.69, 9.17) is 24.1 Å². The Balaban J connectivity index is 3.93. The average molecular weight is 520 g/mol. The first-order valence-electron chi connectivity index (χ1n) is 14.2. The number of ether oxygens (including phenoxy) is 4. The van der Waals surface area contributed by atoms with Gasteiger partial charge in [-0.2, -0.15) is 0 Å². The molecule has 0 aromatic heterocycles. The van der Waals surface area contributed by atoms with Gasteiger partial charge in [0.25, 0.3) is 0 Å². The van der Waals surface area contributed by atoms with E-state index in [2.05, 4.69) is 13.8 Å². The number of nitrogens with zero attached hydrogens (tertiary/aromatic N) is 1. The predicted octanol–water partition coefficient (Wildman–Crippen LogP) is 4.20. The van der Waals surface area contributed by atoms with Gasteiger partial charge in [-0.25, -0.2) is 0 Å². The maximum Gasteiger partial charge on any atom is 0.219 e. The summed E-state index contributed by atoms with van der Waals surface area (Å²) in [5.41, 5.74) is 0. The van der Waals surface area contributed by atoms with Crippen LogP contribution in [0.25, 0.3) is 0 Å². The van der Waals surface area contributed by atoms with Crippen LogP contribution in [-0.4, -0.2) is 99.7 Å². The number of aliphatic hydroxyl groups excluding tert-OH is 2. The van der Waals surface area contributed by atoms with Crippen molar-refractivity contribution in [1.82, 2.24) is 4.90 Å². The number of aliphatic hydroxyl groups is 2. The highest BCUT2D eigenvalue weighted by Gasteiger charge is 2.18. The van der Waals surface area contributed by atoms with E-state index in [0.29, 0.717) is 38.8 Å². The maximum absolute atomic E-state index is 12.0. The molecular formula is C28H57NO7. The monoisotopic (exact) mass is 519 g/mol. The summed E-state index contributed by atoms with van der Waals surface area (Å²) < 4.78 is 22.5. The van der Waals surface area contributed by atoms with Gasteiger partial charge in [0.15, 0.2) is 0 Å². The van der Waals surface area contributed by atoms with Crippen LogP contribution in [0.3, 0.4) is 0 Å². The second-order valence-electron chi connectivity index (χ2n) is 9.98. The largest absolute Gasteiger partial charge is 0.394 e. The van der Waals surface area contributed by atoms with E-state index in [1.165, 1.54) is 51.9 Å². The van der Waals surface area contributed by atoms with Crippen molar-refractivity contribution in [2.45, 2.75) is 104 Å². The maximum atomic E-state index is 12.0. The standard InChI is InChI=1S/C28H57NO7/c1-5-6-15-25(2)22-34-18-12-10-8-7-9-11-13-19-35-24-28(36-23-27(32)21-30)20-29(26(3)31)16-14-17-33-4/h25,27-28,30,32H,5-24H2,1-4H3. The number of carbonyl (C=O) groups excluding carboxylic acids is 1. The van der Waals surface area contributed by atoms with Crippen LogP contribution >= 0.6 is 0 Å². The Bertz CT molecular complexity index is 481. The molecule has 0 fully saturated rings. The molecule has 0 saturated carbocycles. The van der Waals surface area contributed by atoms with E-state index in [9.17, 15) is 9.90 Å². The number of rotatable bonds is 27.